The van der Waals surface area contributed by atoms with Gasteiger partial charge in [0, 0.05) is 23.1 Å². The number of thiol groups is 1. The SMILES string of the molecule is O=C(CCS)Nc1ccc(-c2ncnc3ccccc23)cc1. The lowest BCUT2D eigenvalue weighted by Crippen LogP contribution is -2.11. The van der Waals surface area contributed by atoms with Crippen LogP contribution in [0.5, 0.6) is 0 Å². The van der Waals surface area contributed by atoms with Crippen molar-refractivity contribution in [2.45, 2.75) is 6.42 Å². The van der Waals surface area contributed by atoms with Crippen molar-refractivity contribution in [2.24, 2.45) is 0 Å². The van der Waals surface area contributed by atoms with E-state index >= 15 is 0 Å². The average Bonchev–Trinajstić information content (AvgIpc) is 2.55. The van der Waals surface area contributed by atoms with E-state index in [1.165, 1.54) is 0 Å². The number of aromatic nitrogens is 2. The highest BCUT2D eigenvalue weighted by Crippen LogP contribution is 2.26. The number of nitrogens with zero attached hydrogens (tertiary/aromatic N) is 2. The first-order chi connectivity index (χ1) is 10.8. The molecule has 0 fully saturated rings. The number of para-hydroxylation sites is 1. The van der Waals surface area contributed by atoms with Crippen molar-refractivity contribution in [1.29, 1.82) is 0 Å². The number of fused-ring (bicyclic) bond motifs is 1. The van der Waals surface area contributed by atoms with Crippen molar-refractivity contribution in [1.82, 2.24) is 9.97 Å². The Balaban J connectivity index is 1.90. The zero-order valence-corrected chi connectivity index (χ0v) is 12.8. The molecule has 3 rings (SSSR count). The van der Waals surface area contributed by atoms with Gasteiger partial charge in [-0.2, -0.15) is 12.6 Å². The Bertz CT molecular complexity index is 797. The van der Waals surface area contributed by atoms with Crippen LogP contribution in [0.3, 0.4) is 0 Å². The summed E-state index contributed by atoms with van der Waals surface area (Å²) in [5, 5.41) is 3.85. The van der Waals surface area contributed by atoms with Gasteiger partial charge in [-0.1, -0.05) is 30.3 Å². The molecule has 0 saturated carbocycles. The van der Waals surface area contributed by atoms with E-state index in [4.69, 9.17) is 0 Å². The minimum Gasteiger partial charge on any atom is -0.326 e. The molecule has 3 aromatic rings. The third-order valence-corrected chi connectivity index (χ3v) is 3.55. The molecule has 110 valence electrons. The molecule has 0 spiro atoms. The van der Waals surface area contributed by atoms with Crippen molar-refractivity contribution < 1.29 is 4.79 Å². The fourth-order valence-corrected chi connectivity index (χ4v) is 2.47. The van der Waals surface area contributed by atoms with Crippen LogP contribution >= 0.6 is 12.6 Å². The number of carbonyl (C=O) groups excluding carboxylic acids is 1. The van der Waals surface area contributed by atoms with E-state index in [2.05, 4.69) is 27.9 Å². The molecule has 5 heteroatoms. The molecular formula is C17H15N3OS. The van der Waals surface area contributed by atoms with E-state index in [-0.39, 0.29) is 5.91 Å². The summed E-state index contributed by atoms with van der Waals surface area (Å²) in [6.45, 7) is 0. The maximum absolute atomic E-state index is 11.6. The van der Waals surface area contributed by atoms with Gasteiger partial charge in [0.2, 0.25) is 5.91 Å². The van der Waals surface area contributed by atoms with Gasteiger partial charge in [-0.15, -0.1) is 0 Å². The van der Waals surface area contributed by atoms with Crippen LogP contribution in [0.25, 0.3) is 22.2 Å². The smallest absolute Gasteiger partial charge is 0.225 e. The first-order valence-corrected chi connectivity index (χ1v) is 7.62. The molecular weight excluding hydrogens is 294 g/mol. The number of benzene rings is 2. The lowest BCUT2D eigenvalue weighted by Gasteiger charge is -2.07. The second-order valence-electron chi connectivity index (χ2n) is 4.84. The number of hydrogen-bond acceptors (Lipinski definition) is 4. The van der Waals surface area contributed by atoms with E-state index in [1.807, 2.05) is 48.5 Å². The number of carbonyl (C=O) groups is 1. The Morgan fingerprint density at radius 2 is 1.82 bits per heavy atom. The summed E-state index contributed by atoms with van der Waals surface area (Å²) >= 11 is 4.05. The molecule has 0 atom stereocenters. The third kappa shape index (κ3) is 3.09. The van der Waals surface area contributed by atoms with Crippen molar-refractivity contribution in [3.8, 4) is 11.3 Å². The summed E-state index contributed by atoms with van der Waals surface area (Å²) in [6, 6.07) is 15.6. The zero-order chi connectivity index (χ0) is 15.4. The van der Waals surface area contributed by atoms with E-state index in [9.17, 15) is 4.79 Å². The predicted molar refractivity (Wildman–Crippen MR) is 92.1 cm³/mol. The third-order valence-electron chi connectivity index (χ3n) is 3.32. The minimum absolute atomic E-state index is 0.0322. The monoisotopic (exact) mass is 309 g/mol. The first-order valence-electron chi connectivity index (χ1n) is 6.99. The van der Waals surface area contributed by atoms with Gasteiger partial charge in [-0.3, -0.25) is 4.79 Å². The van der Waals surface area contributed by atoms with Crippen molar-refractivity contribution in [3.05, 3.63) is 54.9 Å². The Hall–Kier alpha value is -2.40. The molecule has 1 aromatic heterocycles. The van der Waals surface area contributed by atoms with Gasteiger partial charge in [0.25, 0.3) is 0 Å². The van der Waals surface area contributed by atoms with Crippen LogP contribution in [-0.4, -0.2) is 21.6 Å². The molecule has 0 radical (unpaired) electrons. The Labute approximate surface area is 134 Å². The quantitative estimate of drug-likeness (QED) is 0.725. The molecule has 1 N–H and O–H groups in total. The van der Waals surface area contributed by atoms with Gasteiger partial charge < -0.3 is 5.32 Å². The van der Waals surface area contributed by atoms with Crippen LogP contribution in [-0.2, 0) is 4.79 Å². The molecule has 2 aromatic carbocycles. The molecule has 0 aliphatic carbocycles. The van der Waals surface area contributed by atoms with Crippen LogP contribution in [0.15, 0.2) is 54.9 Å². The van der Waals surface area contributed by atoms with Gasteiger partial charge in [0.05, 0.1) is 11.2 Å². The second kappa shape index (κ2) is 6.58. The highest BCUT2D eigenvalue weighted by molar-refractivity contribution is 7.80. The van der Waals surface area contributed by atoms with Crippen molar-refractivity contribution in [3.63, 3.8) is 0 Å². The van der Waals surface area contributed by atoms with E-state index < -0.39 is 0 Å². The summed E-state index contributed by atoms with van der Waals surface area (Å²) in [5.74, 6) is 0.506. The number of nitrogens with one attached hydrogen (secondary N) is 1. The molecule has 0 aliphatic heterocycles. The van der Waals surface area contributed by atoms with Gasteiger partial charge in [-0.05, 0) is 24.0 Å². The lowest BCUT2D eigenvalue weighted by atomic mass is 10.1. The number of anilines is 1. The Kier molecular flexibility index (Phi) is 4.34. The Morgan fingerprint density at radius 3 is 2.59 bits per heavy atom. The fourth-order valence-electron chi connectivity index (χ4n) is 2.27. The topological polar surface area (TPSA) is 54.9 Å². The van der Waals surface area contributed by atoms with E-state index in [0.717, 1.165) is 27.8 Å². The molecule has 0 bridgehead atoms. The first kappa shape index (κ1) is 14.5. The predicted octanol–water partition coefficient (Wildman–Crippen LogP) is 3.56. The lowest BCUT2D eigenvalue weighted by molar-refractivity contribution is -0.115. The van der Waals surface area contributed by atoms with Crippen molar-refractivity contribution >= 4 is 35.1 Å². The van der Waals surface area contributed by atoms with E-state index in [0.29, 0.717) is 12.2 Å². The largest absolute Gasteiger partial charge is 0.326 e. The maximum atomic E-state index is 11.6. The van der Waals surface area contributed by atoms with Crippen LogP contribution in [0, 0.1) is 0 Å². The zero-order valence-electron chi connectivity index (χ0n) is 11.9. The summed E-state index contributed by atoms with van der Waals surface area (Å²) < 4.78 is 0. The summed E-state index contributed by atoms with van der Waals surface area (Å²) in [7, 11) is 0. The Morgan fingerprint density at radius 1 is 1.05 bits per heavy atom. The number of amides is 1. The maximum Gasteiger partial charge on any atom is 0.225 e. The van der Waals surface area contributed by atoms with Gasteiger partial charge in [0.1, 0.15) is 6.33 Å². The molecule has 1 heterocycles. The van der Waals surface area contributed by atoms with Crippen LogP contribution < -0.4 is 5.32 Å². The van der Waals surface area contributed by atoms with Gasteiger partial charge in [-0.25, -0.2) is 9.97 Å². The number of rotatable bonds is 4. The molecule has 0 unspecified atom stereocenters. The minimum atomic E-state index is -0.0322. The summed E-state index contributed by atoms with van der Waals surface area (Å²) in [5.41, 5.74) is 3.57. The molecule has 4 nitrogen and oxygen atoms in total. The van der Waals surface area contributed by atoms with Crippen LogP contribution in [0.1, 0.15) is 6.42 Å². The molecule has 0 saturated heterocycles. The molecule has 0 aliphatic rings. The fraction of sp³-hybridized carbons (Fsp3) is 0.118. The van der Waals surface area contributed by atoms with Gasteiger partial charge in [0.15, 0.2) is 0 Å². The summed E-state index contributed by atoms with van der Waals surface area (Å²) in [6.07, 6.45) is 1.97. The van der Waals surface area contributed by atoms with Gasteiger partial charge >= 0.3 is 0 Å². The average molecular weight is 309 g/mol. The highest BCUT2D eigenvalue weighted by atomic mass is 32.1. The van der Waals surface area contributed by atoms with E-state index in [1.54, 1.807) is 6.33 Å². The van der Waals surface area contributed by atoms with Crippen LogP contribution in [0.4, 0.5) is 5.69 Å². The number of hydrogen-bond donors (Lipinski definition) is 2. The normalized spacial score (nSPS) is 10.6. The van der Waals surface area contributed by atoms with Crippen LogP contribution in [0.2, 0.25) is 0 Å². The molecule has 1 amide bonds. The second-order valence-corrected chi connectivity index (χ2v) is 5.29. The standard InChI is InChI=1S/C17H15N3OS/c21-16(9-10-22)20-13-7-5-12(6-8-13)17-14-3-1-2-4-15(14)18-11-19-17/h1-8,11,22H,9-10H2,(H,20,21). The van der Waals surface area contributed by atoms with Crippen molar-refractivity contribution in [2.75, 3.05) is 11.1 Å². The molecule has 22 heavy (non-hydrogen) atoms. The highest BCUT2D eigenvalue weighted by Gasteiger charge is 2.06. The summed E-state index contributed by atoms with van der Waals surface area (Å²) in [4.78, 5) is 20.2.